The molecule has 0 saturated carbocycles. The van der Waals surface area contributed by atoms with Crippen LogP contribution in [-0.2, 0) is 14.0 Å². The summed E-state index contributed by atoms with van der Waals surface area (Å²) in [5.41, 5.74) is 0. The zero-order chi connectivity index (χ0) is 7.82. The molecule has 0 aliphatic heterocycles. The van der Waals surface area contributed by atoms with Crippen LogP contribution in [0.5, 0.6) is 0 Å². The third kappa shape index (κ3) is 5.78. The van der Waals surface area contributed by atoms with Gasteiger partial charge >= 0.3 is 0 Å². The van der Waals surface area contributed by atoms with E-state index in [1.54, 1.807) is 7.11 Å². The average Bonchev–Trinajstić information content (AvgIpc) is 1.89. The Hall–Kier alpha value is -0.353. The molecule has 0 saturated heterocycles. The second kappa shape index (κ2) is 6.76. The lowest BCUT2D eigenvalue weighted by molar-refractivity contribution is -0.134. The number of rotatable bonds is 5. The Balaban J connectivity index is 3.05. The molecular formula is C6H14O3Si. The minimum atomic E-state index is -0.558. The molecule has 3 nitrogen and oxygen atoms in total. The van der Waals surface area contributed by atoms with E-state index in [1.165, 1.54) is 0 Å². The van der Waals surface area contributed by atoms with E-state index in [0.717, 1.165) is 6.42 Å². The van der Waals surface area contributed by atoms with Crippen molar-refractivity contribution in [2.75, 3.05) is 13.7 Å². The summed E-state index contributed by atoms with van der Waals surface area (Å²) in [6, 6.07) is 0. The Labute approximate surface area is 63.7 Å². The Morgan fingerprint density at radius 1 is 1.60 bits per heavy atom. The summed E-state index contributed by atoms with van der Waals surface area (Å²) < 4.78 is 9.61. The molecular weight excluding hydrogens is 148 g/mol. The summed E-state index contributed by atoms with van der Waals surface area (Å²) in [7, 11) is 1.07. The van der Waals surface area contributed by atoms with E-state index < -0.39 is 9.76 Å². The minimum absolute atomic E-state index is 0.0776. The minimum Gasteiger partial charge on any atom is -0.525 e. The van der Waals surface area contributed by atoms with Crippen LogP contribution in [0.4, 0.5) is 0 Å². The average molecular weight is 162 g/mol. The van der Waals surface area contributed by atoms with Crippen LogP contribution in [0.25, 0.3) is 0 Å². The van der Waals surface area contributed by atoms with Crippen LogP contribution >= 0.6 is 0 Å². The molecule has 0 aromatic heterocycles. The van der Waals surface area contributed by atoms with E-state index in [0.29, 0.717) is 13.0 Å². The van der Waals surface area contributed by atoms with Gasteiger partial charge in [-0.1, -0.05) is 0 Å². The predicted octanol–water partition coefficient (Wildman–Crippen LogP) is 0.0881. The highest BCUT2D eigenvalue weighted by Crippen LogP contribution is 1.91. The van der Waals surface area contributed by atoms with Gasteiger partial charge in [-0.25, -0.2) is 0 Å². The number of ether oxygens (including phenoxy) is 1. The quantitative estimate of drug-likeness (QED) is 0.424. The van der Waals surface area contributed by atoms with E-state index in [1.807, 2.05) is 6.55 Å². The van der Waals surface area contributed by atoms with Crippen molar-refractivity contribution in [3.63, 3.8) is 0 Å². The molecule has 0 N–H and O–H groups in total. The highest BCUT2D eigenvalue weighted by atomic mass is 28.2. The zero-order valence-corrected chi connectivity index (χ0v) is 7.97. The topological polar surface area (TPSA) is 35.5 Å². The molecule has 0 atom stereocenters. The van der Waals surface area contributed by atoms with E-state index in [4.69, 9.17) is 9.16 Å². The molecule has 0 rings (SSSR count). The van der Waals surface area contributed by atoms with Gasteiger partial charge in [0.2, 0.25) is 9.76 Å². The maximum absolute atomic E-state index is 10.7. The van der Waals surface area contributed by atoms with Crippen molar-refractivity contribution in [2.24, 2.45) is 0 Å². The number of carbonyl (C=O) groups is 1. The van der Waals surface area contributed by atoms with E-state index in [9.17, 15) is 4.79 Å². The molecule has 0 bridgehead atoms. The summed E-state index contributed by atoms with van der Waals surface area (Å²) in [5.74, 6) is -0.0776. The number of hydrogen-bond donors (Lipinski definition) is 0. The van der Waals surface area contributed by atoms with Crippen molar-refractivity contribution in [3.05, 3.63) is 0 Å². The van der Waals surface area contributed by atoms with Crippen molar-refractivity contribution in [1.29, 1.82) is 0 Å². The van der Waals surface area contributed by atoms with Gasteiger partial charge in [-0.15, -0.1) is 0 Å². The highest BCUT2D eigenvalue weighted by molar-refractivity contribution is 6.28. The molecule has 4 heteroatoms. The molecule has 0 spiro atoms. The van der Waals surface area contributed by atoms with Crippen molar-refractivity contribution in [2.45, 2.75) is 19.4 Å². The molecule has 0 aromatic carbocycles. The standard InChI is InChI=1S/C6H14O3Si/c1-8-5-3-4-6(7)9-10-2/h3-5,10H2,1-2H3. The normalized spacial score (nSPS) is 10.6. The smallest absolute Gasteiger partial charge is 0.292 e. The first-order chi connectivity index (χ1) is 4.81. The highest BCUT2D eigenvalue weighted by Gasteiger charge is 1.98. The lowest BCUT2D eigenvalue weighted by Gasteiger charge is -2.00. The molecule has 0 aliphatic carbocycles. The molecule has 0 aromatic rings. The van der Waals surface area contributed by atoms with Gasteiger partial charge in [-0.3, -0.25) is 4.79 Å². The Bertz CT molecular complexity index is 95.0. The van der Waals surface area contributed by atoms with Gasteiger partial charge in [0.05, 0.1) is 0 Å². The maximum atomic E-state index is 10.7. The number of hydrogen-bond acceptors (Lipinski definition) is 3. The molecule has 0 heterocycles. The van der Waals surface area contributed by atoms with E-state index in [-0.39, 0.29) is 5.97 Å². The first-order valence-corrected chi connectivity index (χ1v) is 5.45. The van der Waals surface area contributed by atoms with Gasteiger partial charge < -0.3 is 9.16 Å². The number of methoxy groups -OCH3 is 1. The molecule has 0 fully saturated rings. The zero-order valence-electron chi connectivity index (χ0n) is 6.55. The second-order valence-corrected chi connectivity index (χ2v) is 2.77. The van der Waals surface area contributed by atoms with Crippen molar-refractivity contribution in [3.8, 4) is 0 Å². The van der Waals surface area contributed by atoms with Crippen LogP contribution < -0.4 is 0 Å². The molecule has 60 valence electrons. The Morgan fingerprint density at radius 3 is 2.80 bits per heavy atom. The van der Waals surface area contributed by atoms with Crippen LogP contribution in [0.1, 0.15) is 12.8 Å². The third-order valence-electron chi connectivity index (χ3n) is 1.03. The summed E-state index contributed by atoms with van der Waals surface area (Å²) >= 11 is 0. The van der Waals surface area contributed by atoms with Gasteiger partial charge in [-0.2, -0.15) is 0 Å². The first-order valence-electron chi connectivity index (χ1n) is 3.45. The maximum Gasteiger partial charge on any atom is 0.292 e. The van der Waals surface area contributed by atoms with Gasteiger partial charge in [0, 0.05) is 20.1 Å². The van der Waals surface area contributed by atoms with Crippen LogP contribution in [0.3, 0.4) is 0 Å². The van der Waals surface area contributed by atoms with Crippen LogP contribution in [0.15, 0.2) is 0 Å². The Kier molecular flexibility index (Phi) is 6.52. The first kappa shape index (κ1) is 9.65. The van der Waals surface area contributed by atoms with Crippen molar-refractivity contribution >= 4 is 15.7 Å². The monoisotopic (exact) mass is 162 g/mol. The summed E-state index contributed by atoms with van der Waals surface area (Å²) in [6.07, 6.45) is 1.26. The summed E-state index contributed by atoms with van der Waals surface area (Å²) in [4.78, 5) is 10.7. The molecule has 0 aliphatic rings. The van der Waals surface area contributed by atoms with Crippen molar-refractivity contribution < 1.29 is 14.0 Å². The second-order valence-electron chi connectivity index (χ2n) is 1.90. The predicted molar refractivity (Wildman–Crippen MR) is 41.6 cm³/mol. The van der Waals surface area contributed by atoms with Gasteiger partial charge in [0.15, 0.2) is 0 Å². The Morgan fingerprint density at radius 2 is 2.30 bits per heavy atom. The van der Waals surface area contributed by atoms with Gasteiger partial charge in [0.25, 0.3) is 5.97 Å². The van der Waals surface area contributed by atoms with Gasteiger partial charge in [0.1, 0.15) is 0 Å². The molecule has 0 amide bonds. The fourth-order valence-electron chi connectivity index (χ4n) is 0.594. The summed E-state index contributed by atoms with van der Waals surface area (Å²) in [6.45, 7) is 2.58. The molecule has 0 radical (unpaired) electrons. The van der Waals surface area contributed by atoms with Crippen molar-refractivity contribution in [1.82, 2.24) is 0 Å². The van der Waals surface area contributed by atoms with Gasteiger partial charge in [-0.05, 0) is 13.0 Å². The third-order valence-corrected chi connectivity index (χ3v) is 1.65. The van der Waals surface area contributed by atoms with Crippen LogP contribution in [0, 0.1) is 0 Å². The van der Waals surface area contributed by atoms with Crippen LogP contribution in [0.2, 0.25) is 6.55 Å². The molecule has 0 unspecified atom stereocenters. The largest absolute Gasteiger partial charge is 0.525 e. The SMILES string of the molecule is COCCCC(=O)O[SiH2]C. The van der Waals surface area contributed by atoms with E-state index in [2.05, 4.69) is 0 Å². The molecule has 10 heavy (non-hydrogen) atoms. The van der Waals surface area contributed by atoms with E-state index >= 15 is 0 Å². The summed E-state index contributed by atoms with van der Waals surface area (Å²) in [5, 5.41) is 0. The lowest BCUT2D eigenvalue weighted by Crippen LogP contribution is -2.06. The lowest BCUT2D eigenvalue weighted by atomic mass is 10.3. The van der Waals surface area contributed by atoms with Crippen LogP contribution in [-0.4, -0.2) is 29.4 Å². The fraction of sp³-hybridized carbons (Fsp3) is 0.833. The fourth-order valence-corrected chi connectivity index (χ4v) is 1.06. The number of carbonyl (C=O) groups excluding carboxylic acids is 1.